The number of aliphatic hydroxyl groups is 1. The fourth-order valence-corrected chi connectivity index (χ4v) is 10.5. The van der Waals surface area contributed by atoms with Gasteiger partial charge in [0.2, 0.25) is 0 Å². The van der Waals surface area contributed by atoms with Crippen LogP contribution in [0.3, 0.4) is 0 Å². The summed E-state index contributed by atoms with van der Waals surface area (Å²) in [6.45, 7) is 14.4. The molecule has 32 heavy (non-hydrogen) atoms. The van der Waals surface area contributed by atoms with Crippen molar-refractivity contribution >= 4 is 5.97 Å². The maximum Gasteiger partial charge on any atom is 0.310 e. The van der Waals surface area contributed by atoms with Gasteiger partial charge in [0.05, 0.1) is 11.5 Å². The van der Waals surface area contributed by atoms with Gasteiger partial charge in [-0.1, -0.05) is 53.2 Å². The fraction of sp³-hybridized carbons (Fsp3) is 0.897. The second-order valence-electron chi connectivity index (χ2n) is 13.9. The van der Waals surface area contributed by atoms with Crippen LogP contribution in [-0.4, -0.2) is 22.3 Å². The molecular weight excluding hydrogens is 396 g/mol. The summed E-state index contributed by atoms with van der Waals surface area (Å²) in [5.41, 5.74) is 1.52. The van der Waals surface area contributed by atoms with E-state index in [1.165, 1.54) is 18.4 Å². The number of aliphatic carboxylic acids is 1. The van der Waals surface area contributed by atoms with E-state index in [4.69, 9.17) is 0 Å². The molecule has 0 bridgehead atoms. The lowest BCUT2D eigenvalue weighted by Crippen LogP contribution is -2.62. The molecule has 0 aromatic heterocycles. The maximum absolute atomic E-state index is 12.7. The van der Waals surface area contributed by atoms with E-state index in [2.05, 4.69) is 47.6 Å². The van der Waals surface area contributed by atoms with E-state index in [0.29, 0.717) is 29.6 Å². The topological polar surface area (TPSA) is 57.5 Å². The summed E-state index contributed by atoms with van der Waals surface area (Å²) in [5, 5.41) is 21.3. The summed E-state index contributed by atoms with van der Waals surface area (Å²) < 4.78 is 0. The van der Waals surface area contributed by atoms with Gasteiger partial charge in [0.15, 0.2) is 0 Å². The highest BCUT2D eigenvalue weighted by atomic mass is 16.4. The second-order valence-corrected chi connectivity index (χ2v) is 13.9. The molecule has 0 spiro atoms. The van der Waals surface area contributed by atoms with Crippen molar-refractivity contribution in [3.63, 3.8) is 0 Å². The van der Waals surface area contributed by atoms with Crippen LogP contribution in [0.5, 0.6) is 0 Å². The molecule has 3 nitrogen and oxygen atoms in total. The highest BCUT2D eigenvalue weighted by Gasteiger charge is 2.66. The number of fused-ring (bicyclic) bond motifs is 7. The van der Waals surface area contributed by atoms with Crippen LogP contribution in [0.25, 0.3) is 0 Å². The van der Waals surface area contributed by atoms with E-state index < -0.39 is 11.4 Å². The van der Waals surface area contributed by atoms with Crippen molar-refractivity contribution < 1.29 is 15.0 Å². The lowest BCUT2D eigenvalue weighted by atomic mass is 9.37. The predicted octanol–water partition coefficient (Wildman–Crippen LogP) is 6.70. The van der Waals surface area contributed by atoms with E-state index in [1.54, 1.807) is 0 Å². The fourth-order valence-electron chi connectivity index (χ4n) is 10.5. The van der Waals surface area contributed by atoms with E-state index in [-0.39, 0.29) is 28.3 Å². The van der Waals surface area contributed by atoms with E-state index >= 15 is 0 Å². The summed E-state index contributed by atoms with van der Waals surface area (Å²) in [6, 6.07) is 0. The van der Waals surface area contributed by atoms with Gasteiger partial charge in [-0.15, -0.1) is 0 Å². The van der Waals surface area contributed by atoms with Crippen LogP contribution in [-0.2, 0) is 4.79 Å². The van der Waals surface area contributed by atoms with E-state index in [9.17, 15) is 15.0 Å². The Labute approximate surface area is 195 Å². The predicted molar refractivity (Wildman–Crippen MR) is 128 cm³/mol. The number of hydrogen-bond donors (Lipinski definition) is 2. The molecular formula is C29H46O3. The minimum Gasteiger partial charge on any atom is -0.481 e. The van der Waals surface area contributed by atoms with Crippen LogP contribution < -0.4 is 0 Å². The third-order valence-corrected chi connectivity index (χ3v) is 12.6. The Kier molecular flexibility index (Phi) is 5.08. The quantitative estimate of drug-likeness (QED) is 0.444. The standard InChI is InChI=1S/C29H46O3/c1-17-9-15-29(25(31)32)16-10-20-19(24(29)18(17)2)7-8-22-27(20,5)13-11-21-26(3,4)23(30)12-14-28(21,22)6/h7,17-18,20-24,30H,8-16H2,1-6H3,(H,31,32)/t17-,18+,20?,21?,22?,23?,24?,27+,28?,29?/m1/s1. The third kappa shape index (κ3) is 2.72. The third-order valence-electron chi connectivity index (χ3n) is 12.6. The Bertz CT molecular complexity index is 828. The average molecular weight is 443 g/mol. The summed E-state index contributed by atoms with van der Waals surface area (Å²) in [7, 11) is 0. The van der Waals surface area contributed by atoms with Gasteiger partial charge in [-0.25, -0.2) is 0 Å². The molecule has 2 N–H and O–H groups in total. The van der Waals surface area contributed by atoms with Gasteiger partial charge in [0.1, 0.15) is 0 Å². The van der Waals surface area contributed by atoms with Crippen LogP contribution >= 0.6 is 0 Å². The number of carboxylic acid groups (broad SMARTS) is 1. The van der Waals surface area contributed by atoms with Crippen molar-refractivity contribution in [1.29, 1.82) is 0 Å². The van der Waals surface area contributed by atoms with Crippen molar-refractivity contribution in [1.82, 2.24) is 0 Å². The Morgan fingerprint density at radius 3 is 2.25 bits per heavy atom. The van der Waals surface area contributed by atoms with Gasteiger partial charge >= 0.3 is 5.97 Å². The first-order valence-corrected chi connectivity index (χ1v) is 13.5. The van der Waals surface area contributed by atoms with Crippen LogP contribution in [0, 0.1) is 57.2 Å². The van der Waals surface area contributed by atoms with E-state index in [1.807, 2.05) is 0 Å². The minimum atomic E-state index is -0.536. The highest BCUT2D eigenvalue weighted by molar-refractivity contribution is 5.76. The number of carbonyl (C=O) groups is 1. The van der Waals surface area contributed by atoms with Gasteiger partial charge in [-0.05, 0) is 110 Å². The van der Waals surface area contributed by atoms with Crippen LogP contribution in [0.1, 0.15) is 99.3 Å². The first-order chi connectivity index (χ1) is 14.9. The zero-order valence-corrected chi connectivity index (χ0v) is 21.3. The summed E-state index contributed by atoms with van der Waals surface area (Å²) in [6.07, 6.45) is 11.8. The normalized spacial score (nSPS) is 54.3. The molecule has 0 amide bonds. The zero-order valence-electron chi connectivity index (χ0n) is 21.3. The number of rotatable bonds is 1. The lowest BCUT2D eigenvalue weighted by molar-refractivity contribution is -0.189. The summed E-state index contributed by atoms with van der Waals surface area (Å²) >= 11 is 0. The molecule has 5 aliphatic rings. The second kappa shape index (κ2) is 7.09. The molecule has 5 aliphatic carbocycles. The molecule has 0 aromatic rings. The maximum atomic E-state index is 12.7. The van der Waals surface area contributed by atoms with Crippen molar-refractivity contribution in [2.24, 2.45) is 57.2 Å². The molecule has 180 valence electrons. The smallest absolute Gasteiger partial charge is 0.310 e. The lowest BCUT2D eigenvalue weighted by Gasteiger charge is -2.68. The largest absolute Gasteiger partial charge is 0.481 e. The monoisotopic (exact) mass is 442 g/mol. The van der Waals surface area contributed by atoms with Crippen molar-refractivity contribution in [3.8, 4) is 0 Å². The molecule has 5 rings (SSSR count). The molecule has 0 aromatic carbocycles. The number of aliphatic hydroxyl groups excluding tert-OH is 1. The van der Waals surface area contributed by atoms with E-state index in [0.717, 1.165) is 44.9 Å². The molecule has 3 heteroatoms. The molecule has 0 saturated heterocycles. The zero-order chi connectivity index (χ0) is 23.3. The average Bonchev–Trinajstić information content (AvgIpc) is 2.73. The molecule has 0 aliphatic heterocycles. The molecule has 4 fully saturated rings. The molecule has 0 radical (unpaired) electrons. The van der Waals surface area contributed by atoms with Crippen LogP contribution in [0.4, 0.5) is 0 Å². The SMILES string of the molecule is C[C@@H]1CCC2(C(=O)O)CCC3C(=CCC4C5(C)CCC(O)C(C)(C)C5CC[C@@]34C)C2[C@H]1C. The Balaban J connectivity index is 1.56. The number of hydrogen-bond acceptors (Lipinski definition) is 2. The van der Waals surface area contributed by atoms with Crippen molar-refractivity contribution in [2.45, 2.75) is 105 Å². The minimum absolute atomic E-state index is 0.0172. The first-order valence-electron chi connectivity index (χ1n) is 13.5. The van der Waals surface area contributed by atoms with Crippen LogP contribution in [0.2, 0.25) is 0 Å². The Morgan fingerprint density at radius 1 is 0.906 bits per heavy atom. The first kappa shape index (κ1) is 22.9. The Hall–Kier alpha value is -0.830. The number of allylic oxidation sites excluding steroid dienone is 2. The van der Waals surface area contributed by atoms with Crippen LogP contribution in [0.15, 0.2) is 11.6 Å². The Morgan fingerprint density at radius 2 is 1.56 bits per heavy atom. The molecule has 7 unspecified atom stereocenters. The number of carboxylic acids is 1. The molecule has 4 saturated carbocycles. The molecule has 0 heterocycles. The molecule has 10 atom stereocenters. The van der Waals surface area contributed by atoms with Crippen molar-refractivity contribution in [2.75, 3.05) is 0 Å². The van der Waals surface area contributed by atoms with Gasteiger partial charge in [-0.3, -0.25) is 4.79 Å². The highest BCUT2D eigenvalue weighted by Crippen LogP contribution is 2.72. The summed E-state index contributed by atoms with van der Waals surface area (Å²) in [5.74, 6) is 2.49. The van der Waals surface area contributed by atoms with Gasteiger partial charge in [0.25, 0.3) is 0 Å². The van der Waals surface area contributed by atoms with Crippen molar-refractivity contribution in [3.05, 3.63) is 11.6 Å². The van der Waals surface area contributed by atoms with Gasteiger partial charge in [0, 0.05) is 0 Å². The summed E-state index contributed by atoms with van der Waals surface area (Å²) in [4.78, 5) is 12.7. The van der Waals surface area contributed by atoms with Gasteiger partial charge in [-0.2, -0.15) is 0 Å². The van der Waals surface area contributed by atoms with Gasteiger partial charge < -0.3 is 10.2 Å².